The minimum Gasteiger partial charge on any atom is -0.468 e. The minimum atomic E-state index is -1.60. The summed E-state index contributed by atoms with van der Waals surface area (Å²) in [4.78, 5) is 23.1. The Morgan fingerprint density at radius 3 is 2.72 bits per heavy atom. The molecule has 0 aromatic heterocycles. The number of aliphatic hydroxyl groups is 1. The Balaban J connectivity index is 3.24. The van der Waals surface area contributed by atoms with Crippen molar-refractivity contribution in [3.05, 3.63) is 0 Å². The van der Waals surface area contributed by atoms with Crippen molar-refractivity contribution in [3.8, 4) is 6.07 Å². The molecule has 1 N–H and O–H groups in total. The first-order chi connectivity index (χ1) is 8.58. The van der Waals surface area contributed by atoms with Gasteiger partial charge in [-0.1, -0.05) is 13.3 Å². The van der Waals surface area contributed by atoms with Crippen molar-refractivity contribution in [3.63, 3.8) is 0 Å². The van der Waals surface area contributed by atoms with E-state index in [1.807, 2.05) is 13.0 Å². The second-order valence-electron chi connectivity index (χ2n) is 4.76. The quantitative estimate of drug-likeness (QED) is 0.597. The summed E-state index contributed by atoms with van der Waals surface area (Å²) in [6, 6.07) is 1.93. The molecule has 0 unspecified atom stereocenters. The van der Waals surface area contributed by atoms with Crippen molar-refractivity contribution in [2.45, 2.75) is 38.7 Å². The third kappa shape index (κ3) is 2.13. The van der Waals surface area contributed by atoms with Crippen LogP contribution in [0.3, 0.4) is 0 Å². The van der Waals surface area contributed by atoms with Gasteiger partial charge in [-0.3, -0.25) is 4.79 Å². The summed E-state index contributed by atoms with van der Waals surface area (Å²) in [5.41, 5.74) is -1.60. The second kappa shape index (κ2) is 5.96. The van der Waals surface area contributed by atoms with E-state index in [0.29, 0.717) is 12.8 Å². The summed E-state index contributed by atoms with van der Waals surface area (Å²) in [7, 11) is 1.20. The zero-order chi connectivity index (χ0) is 13.8. The molecular weight excluding hydrogens is 234 g/mol. The Bertz CT molecular complexity index is 362. The van der Waals surface area contributed by atoms with Crippen LogP contribution in [0.2, 0.25) is 0 Å². The maximum absolute atomic E-state index is 12.0. The normalized spacial score (nSPS) is 35.6. The lowest BCUT2D eigenvalue weighted by Gasteiger charge is -2.43. The lowest BCUT2D eigenvalue weighted by molar-refractivity contribution is -0.166. The highest BCUT2D eigenvalue weighted by Gasteiger charge is 2.57. The van der Waals surface area contributed by atoms with Crippen molar-refractivity contribution < 1.29 is 19.4 Å². The molecule has 1 aliphatic rings. The third-order valence-electron chi connectivity index (χ3n) is 3.88. The summed E-state index contributed by atoms with van der Waals surface area (Å²) in [6.07, 6.45) is 1.79. The maximum atomic E-state index is 12.0. The van der Waals surface area contributed by atoms with E-state index in [1.54, 1.807) is 0 Å². The average molecular weight is 253 g/mol. The van der Waals surface area contributed by atoms with E-state index < -0.39 is 23.4 Å². The van der Waals surface area contributed by atoms with Gasteiger partial charge in [0.05, 0.1) is 19.3 Å². The number of nitrogens with zero attached hydrogens (tertiary/aromatic N) is 1. The Morgan fingerprint density at radius 2 is 2.28 bits per heavy atom. The van der Waals surface area contributed by atoms with Crippen LogP contribution in [0, 0.1) is 28.6 Å². The van der Waals surface area contributed by atoms with Gasteiger partial charge in [-0.2, -0.15) is 5.26 Å². The van der Waals surface area contributed by atoms with Crippen LogP contribution < -0.4 is 0 Å². The number of aldehydes is 1. The first kappa shape index (κ1) is 14.7. The molecule has 1 fully saturated rings. The Morgan fingerprint density at radius 1 is 1.61 bits per heavy atom. The molecule has 0 amide bonds. The highest BCUT2D eigenvalue weighted by molar-refractivity contribution is 5.82. The van der Waals surface area contributed by atoms with Gasteiger partial charge in [0, 0.05) is 11.8 Å². The summed E-state index contributed by atoms with van der Waals surface area (Å²) < 4.78 is 4.69. The van der Waals surface area contributed by atoms with E-state index in [0.717, 1.165) is 12.7 Å². The van der Waals surface area contributed by atoms with E-state index in [4.69, 9.17) is 0 Å². The number of hydrogen-bond acceptors (Lipinski definition) is 5. The van der Waals surface area contributed by atoms with Gasteiger partial charge in [-0.15, -0.1) is 0 Å². The van der Waals surface area contributed by atoms with Gasteiger partial charge in [0.25, 0.3) is 0 Å². The second-order valence-corrected chi connectivity index (χ2v) is 4.76. The first-order valence-electron chi connectivity index (χ1n) is 6.21. The third-order valence-corrected chi connectivity index (χ3v) is 3.88. The molecule has 5 nitrogen and oxygen atoms in total. The van der Waals surface area contributed by atoms with Gasteiger partial charge in [0.1, 0.15) is 6.29 Å². The Kier molecular flexibility index (Phi) is 4.85. The standard InChI is InChI=1S/C13H19NO4/c1-3-4-10-9(7-15)5-6-11(16)13(10,8-14)12(17)18-2/h7,9-11,16H,3-6H2,1-2H3/t9-,10-,11+,13+/m0/s1. The molecule has 18 heavy (non-hydrogen) atoms. The predicted molar refractivity (Wildman–Crippen MR) is 63.3 cm³/mol. The van der Waals surface area contributed by atoms with Gasteiger partial charge < -0.3 is 14.6 Å². The van der Waals surface area contributed by atoms with E-state index >= 15 is 0 Å². The Hall–Kier alpha value is -1.41. The molecule has 0 aliphatic heterocycles. The monoisotopic (exact) mass is 253 g/mol. The van der Waals surface area contributed by atoms with Gasteiger partial charge in [0.15, 0.2) is 5.41 Å². The molecule has 0 spiro atoms. The predicted octanol–water partition coefficient (Wildman–Crippen LogP) is 1.06. The molecule has 0 aromatic rings. The number of methoxy groups -OCH3 is 1. The summed E-state index contributed by atoms with van der Waals surface area (Å²) >= 11 is 0. The number of ether oxygens (including phenoxy) is 1. The Labute approximate surface area is 107 Å². The van der Waals surface area contributed by atoms with Gasteiger partial charge in [-0.05, 0) is 19.3 Å². The van der Waals surface area contributed by atoms with Crippen molar-refractivity contribution in [1.82, 2.24) is 0 Å². The summed E-state index contributed by atoms with van der Waals surface area (Å²) in [5, 5.41) is 19.5. The molecule has 1 saturated carbocycles. The molecule has 5 heteroatoms. The van der Waals surface area contributed by atoms with Crippen molar-refractivity contribution in [1.29, 1.82) is 5.26 Å². The largest absolute Gasteiger partial charge is 0.468 e. The highest BCUT2D eigenvalue weighted by Crippen LogP contribution is 2.46. The molecule has 0 saturated heterocycles. The van der Waals surface area contributed by atoms with Crippen LogP contribution in [0.25, 0.3) is 0 Å². The van der Waals surface area contributed by atoms with E-state index in [2.05, 4.69) is 4.74 Å². The van der Waals surface area contributed by atoms with Crippen molar-refractivity contribution in [2.24, 2.45) is 17.3 Å². The molecule has 0 heterocycles. The van der Waals surface area contributed by atoms with Crippen LogP contribution in [-0.4, -0.2) is 30.6 Å². The highest BCUT2D eigenvalue weighted by atomic mass is 16.5. The molecule has 100 valence electrons. The molecule has 0 bridgehead atoms. The minimum absolute atomic E-state index is 0.270. The number of esters is 1. The number of carbonyl (C=O) groups is 2. The van der Waals surface area contributed by atoms with Crippen LogP contribution in [0.5, 0.6) is 0 Å². The number of hydrogen-bond donors (Lipinski definition) is 1. The summed E-state index contributed by atoms with van der Waals surface area (Å²) in [5.74, 6) is -1.57. The lowest BCUT2D eigenvalue weighted by Crippen LogP contribution is -2.53. The molecule has 0 radical (unpaired) electrons. The van der Waals surface area contributed by atoms with Gasteiger partial charge in [-0.25, -0.2) is 0 Å². The number of aliphatic hydroxyl groups excluding tert-OH is 1. The first-order valence-corrected chi connectivity index (χ1v) is 6.21. The van der Waals surface area contributed by atoms with Crippen LogP contribution in [0.15, 0.2) is 0 Å². The topological polar surface area (TPSA) is 87.4 Å². The molecule has 1 rings (SSSR count). The van der Waals surface area contributed by atoms with E-state index in [1.165, 1.54) is 7.11 Å². The molecule has 1 aliphatic carbocycles. The molecule has 4 atom stereocenters. The maximum Gasteiger partial charge on any atom is 0.329 e. The summed E-state index contributed by atoms with van der Waals surface area (Å²) in [6.45, 7) is 1.92. The van der Waals surface area contributed by atoms with Crippen LogP contribution >= 0.6 is 0 Å². The van der Waals surface area contributed by atoms with Crippen molar-refractivity contribution >= 4 is 12.3 Å². The zero-order valence-corrected chi connectivity index (χ0v) is 10.8. The number of rotatable bonds is 4. The van der Waals surface area contributed by atoms with Crippen LogP contribution in [0.1, 0.15) is 32.6 Å². The van der Waals surface area contributed by atoms with E-state index in [-0.39, 0.29) is 12.3 Å². The van der Waals surface area contributed by atoms with Gasteiger partial charge >= 0.3 is 5.97 Å². The fourth-order valence-corrected chi connectivity index (χ4v) is 2.94. The van der Waals surface area contributed by atoms with Crippen molar-refractivity contribution in [2.75, 3.05) is 7.11 Å². The van der Waals surface area contributed by atoms with E-state index in [9.17, 15) is 20.0 Å². The number of nitriles is 1. The lowest BCUT2D eigenvalue weighted by atomic mass is 9.59. The zero-order valence-electron chi connectivity index (χ0n) is 10.8. The molecule has 0 aromatic carbocycles. The SMILES string of the molecule is CCC[C@H]1[C@H](C=O)CC[C@@H](O)[C@]1(C#N)C(=O)OC. The van der Waals surface area contributed by atoms with Gasteiger partial charge in [0.2, 0.25) is 0 Å². The van der Waals surface area contributed by atoms with Crippen LogP contribution in [-0.2, 0) is 14.3 Å². The smallest absolute Gasteiger partial charge is 0.329 e. The average Bonchev–Trinajstić information content (AvgIpc) is 2.39. The fraction of sp³-hybridized carbons (Fsp3) is 0.769. The number of carbonyl (C=O) groups excluding carboxylic acids is 2. The fourth-order valence-electron chi connectivity index (χ4n) is 2.94. The molecular formula is C13H19NO4. The van der Waals surface area contributed by atoms with Crippen LogP contribution in [0.4, 0.5) is 0 Å².